The molecular weight excluding hydrogens is 530 g/mol. The van der Waals surface area contributed by atoms with E-state index in [9.17, 15) is 23.9 Å². The number of rotatable bonds is 7. The first-order chi connectivity index (χ1) is 19.8. The molecule has 41 heavy (non-hydrogen) atoms. The second-order valence-corrected chi connectivity index (χ2v) is 9.53. The zero-order chi connectivity index (χ0) is 29.1. The Morgan fingerprint density at radius 3 is 2.66 bits per heavy atom. The maximum Gasteiger partial charge on any atom is 0.274 e. The summed E-state index contributed by atoms with van der Waals surface area (Å²) in [7, 11) is 1.39. The van der Waals surface area contributed by atoms with Gasteiger partial charge in [0.05, 0.1) is 48.3 Å². The Labute approximate surface area is 234 Å². The number of hydrogen-bond acceptors (Lipinski definition) is 8. The standard InChI is InChI=1S/C30H26F2N6O3/c1-41-26-7-3-6-22(32)28(26)29-35-11-10-24(36-29)30(40)37-23-9-8-17(27-18(14-33)4-2-5-21(27)31)12-25(23)38-15-19(34)13-20(38)16-39/h2-12,19-20,39H,13,15-16,34H2,1H3,(H,37,40)/t19-,20-/m0/s1. The summed E-state index contributed by atoms with van der Waals surface area (Å²) in [6.45, 7) is 0.193. The molecule has 3 aromatic carbocycles. The van der Waals surface area contributed by atoms with Gasteiger partial charge in [-0.15, -0.1) is 0 Å². The monoisotopic (exact) mass is 556 g/mol. The number of halogens is 2. The van der Waals surface area contributed by atoms with E-state index in [4.69, 9.17) is 10.5 Å². The summed E-state index contributed by atoms with van der Waals surface area (Å²) in [6, 6.07) is 16.2. The summed E-state index contributed by atoms with van der Waals surface area (Å²) < 4.78 is 34.8. The van der Waals surface area contributed by atoms with Crippen LogP contribution >= 0.6 is 0 Å². The maximum absolute atomic E-state index is 14.9. The van der Waals surface area contributed by atoms with Crippen LogP contribution in [0, 0.1) is 23.0 Å². The number of ether oxygens (including phenoxy) is 1. The van der Waals surface area contributed by atoms with Gasteiger partial charge in [0, 0.05) is 24.3 Å². The molecule has 1 aliphatic heterocycles. The first-order valence-corrected chi connectivity index (χ1v) is 12.8. The van der Waals surface area contributed by atoms with Gasteiger partial charge in [-0.3, -0.25) is 4.79 Å². The molecule has 1 amide bonds. The zero-order valence-corrected chi connectivity index (χ0v) is 22.0. The van der Waals surface area contributed by atoms with Crippen molar-refractivity contribution in [2.75, 3.05) is 30.5 Å². The Hall–Kier alpha value is -4.92. The van der Waals surface area contributed by atoms with Gasteiger partial charge in [0.15, 0.2) is 5.82 Å². The molecule has 1 saturated heterocycles. The number of nitrogens with one attached hydrogen (secondary N) is 1. The van der Waals surface area contributed by atoms with E-state index in [1.807, 2.05) is 11.0 Å². The van der Waals surface area contributed by atoms with Gasteiger partial charge in [0.2, 0.25) is 0 Å². The molecule has 2 heterocycles. The number of nitrogens with zero attached hydrogens (tertiary/aromatic N) is 4. The van der Waals surface area contributed by atoms with E-state index in [-0.39, 0.29) is 52.6 Å². The van der Waals surface area contributed by atoms with Crippen molar-refractivity contribution in [3.8, 4) is 34.3 Å². The molecule has 208 valence electrons. The van der Waals surface area contributed by atoms with Crippen LogP contribution in [-0.4, -0.2) is 53.3 Å². The fourth-order valence-electron chi connectivity index (χ4n) is 5.05. The molecule has 0 unspecified atom stereocenters. The van der Waals surface area contributed by atoms with Crippen molar-refractivity contribution in [1.29, 1.82) is 5.26 Å². The van der Waals surface area contributed by atoms with Crippen LogP contribution in [0.2, 0.25) is 0 Å². The molecule has 5 rings (SSSR count). The van der Waals surface area contributed by atoms with Crippen LogP contribution in [0.25, 0.3) is 22.5 Å². The molecule has 2 atom stereocenters. The van der Waals surface area contributed by atoms with Crippen molar-refractivity contribution in [1.82, 2.24) is 9.97 Å². The molecular formula is C30H26F2N6O3. The van der Waals surface area contributed by atoms with Gasteiger partial charge in [0.25, 0.3) is 5.91 Å². The molecule has 0 bridgehead atoms. The van der Waals surface area contributed by atoms with E-state index >= 15 is 0 Å². The number of aliphatic hydroxyl groups is 1. The van der Waals surface area contributed by atoms with Crippen LogP contribution in [0.4, 0.5) is 20.2 Å². The Kier molecular flexibility index (Phi) is 7.87. The summed E-state index contributed by atoms with van der Waals surface area (Å²) in [5.41, 5.74) is 7.71. The summed E-state index contributed by atoms with van der Waals surface area (Å²) in [5.74, 6) is -1.60. The lowest BCUT2D eigenvalue weighted by molar-refractivity contribution is 0.102. The van der Waals surface area contributed by atoms with Gasteiger partial charge in [-0.25, -0.2) is 18.7 Å². The van der Waals surface area contributed by atoms with E-state index in [0.29, 0.717) is 29.9 Å². The molecule has 0 radical (unpaired) electrons. The third-order valence-corrected chi connectivity index (χ3v) is 6.94. The summed E-state index contributed by atoms with van der Waals surface area (Å²) >= 11 is 0. The fraction of sp³-hybridized carbons (Fsp3) is 0.200. The first-order valence-electron chi connectivity index (χ1n) is 12.8. The van der Waals surface area contributed by atoms with Crippen LogP contribution in [-0.2, 0) is 0 Å². The van der Waals surface area contributed by atoms with Gasteiger partial charge in [0.1, 0.15) is 23.1 Å². The highest BCUT2D eigenvalue weighted by atomic mass is 19.1. The van der Waals surface area contributed by atoms with Crippen LogP contribution < -0.4 is 20.7 Å². The highest BCUT2D eigenvalue weighted by Crippen LogP contribution is 2.38. The number of carbonyl (C=O) groups is 1. The molecule has 9 nitrogen and oxygen atoms in total. The first kappa shape index (κ1) is 27.6. The number of anilines is 2. The molecule has 0 spiro atoms. The van der Waals surface area contributed by atoms with Crippen molar-refractivity contribution >= 4 is 17.3 Å². The van der Waals surface area contributed by atoms with Crippen molar-refractivity contribution in [2.24, 2.45) is 5.73 Å². The highest BCUT2D eigenvalue weighted by molar-refractivity contribution is 6.05. The van der Waals surface area contributed by atoms with Crippen molar-refractivity contribution in [3.63, 3.8) is 0 Å². The molecule has 0 aliphatic carbocycles. The maximum atomic E-state index is 14.9. The van der Waals surface area contributed by atoms with Crippen LogP contribution in [0.5, 0.6) is 5.75 Å². The zero-order valence-electron chi connectivity index (χ0n) is 22.0. The minimum absolute atomic E-state index is 0.0183. The summed E-state index contributed by atoms with van der Waals surface area (Å²) in [4.78, 5) is 23.7. The summed E-state index contributed by atoms with van der Waals surface area (Å²) in [6.07, 6.45) is 1.85. The number of nitrogens with two attached hydrogens (primary N) is 1. The number of aliphatic hydroxyl groups excluding tert-OH is 1. The lowest BCUT2D eigenvalue weighted by Gasteiger charge is -2.28. The van der Waals surface area contributed by atoms with E-state index in [1.54, 1.807) is 24.3 Å². The second kappa shape index (κ2) is 11.7. The third kappa shape index (κ3) is 5.43. The molecule has 1 aliphatic rings. The molecule has 1 aromatic heterocycles. The molecule has 1 fully saturated rings. The average molecular weight is 557 g/mol. The number of hydrogen-bond donors (Lipinski definition) is 3. The fourth-order valence-corrected chi connectivity index (χ4v) is 5.05. The normalized spacial score (nSPS) is 16.3. The lowest BCUT2D eigenvalue weighted by Crippen LogP contribution is -2.33. The van der Waals surface area contributed by atoms with Gasteiger partial charge >= 0.3 is 0 Å². The number of aromatic nitrogens is 2. The van der Waals surface area contributed by atoms with Gasteiger partial charge in [-0.05, 0) is 54.4 Å². The Morgan fingerprint density at radius 1 is 1.17 bits per heavy atom. The quantitative estimate of drug-likeness (QED) is 0.309. The molecule has 11 heteroatoms. The van der Waals surface area contributed by atoms with Crippen LogP contribution in [0.3, 0.4) is 0 Å². The van der Waals surface area contributed by atoms with Crippen molar-refractivity contribution < 1.29 is 23.4 Å². The van der Waals surface area contributed by atoms with Crippen molar-refractivity contribution in [3.05, 3.63) is 89.8 Å². The van der Waals surface area contributed by atoms with E-state index in [1.165, 1.54) is 49.7 Å². The van der Waals surface area contributed by atoms with Crippen LogP contribution in [0.1, 0.15) is 22.5 Å². The third-order valence-electron chi connectivity index (χ3n) is 6.94. The molecule has 4 N–H and O–H groups in total. The largest absolute Gasteiger partial charge is 0.496 e. The number of nitriles is 1. The Morgan fingerprint density at radius 2 is 1.93 bits per heavy atom. The molecule has 0 saturated carbocycles. The average Bonchev–Trinajstić information content (AvgIpc) is 3.37. The number of amides is 1. The Balaban J connectivity index is 1.55. The number of benzene rings is 3. The predicted octanol–water partition coefficient (Wildman–Crippen LogP) is 4.12. The number of carbonyl (C=O) groups excluding carboxylic acids is 1. The van der Waals surface area contributed by atoms with E-state index < -0.39 is 17.5 Å². The van der Waals surface area contributed by atoms with Crippen LogP contribution in [0.15, 0.2) is 66.9 Å². The number of methoxy groups -OCH3 is 1. The minimum Gasteiger partial charge on any atom is -0.496 e. The topological polar surface area (TPSA) is 137 Å². The predicted molar refractivity (Wildman–Crippen MR) is 149 cm³/mol. The minimum atomic E-state index is -0.606. The molecule has 4 aromatic rings. The Bertz CT molecular complexity index is 1660. The second-order valence-electron chi connectivity index (χ2n) is 9.53. The van der Waals surface area contributed by atoms with E-state index in [0.717, 1.165) is 0 Å². The highest BCUT2D eigenvalue weighted by Gasteiger charge is 2.32. The lowest BCUT2D eigenvalue weighted by atomic mass is 9.98. The summed E-state index contributed by atoms with van der Waals surface area (Å²) in [5, 5.41) is 22.4. The van der Waals surface area contributed by atoms with E-state index in [2.05, 4.69) is 15.3 Å². The smallest absolute Gasteiger partial charge is 0.274 e. The van der Waals surface area contributed by atoms with Gasteiger partial charge in [-0.1, -0.05) is 18.2 Å². The van der Waals surface area contributed by atoms with Crippen molar-refractivity contribution in [2.45, 2.75) is 18.5 Å². The van der Waals surface area contributed by atoms with Gasteiger partial charge in [-0.2, -0.15) is 5.26 Å². The SMILES string of the molecule is COc1cccc(F)c1-c1nccc(C(=O)Nc2ccc(-c3c(F)cccc3C#N)cc2N2C[C@@H](N)C[C@H]2CO)n1. The van der Waals surface area contributed by atoms with Gasteiger partial charge < -0.3 is 25.8 Å².